The molecule has 0 saturated carbocycles. The van der Waals surface area contributed by atoms with Gasteiger partial charge in [0.2, 0.25) is 12.7 Å². The third-order valence-electron chi connectivity index (χ3n) is 3.94. The summed E-state index contributed by atoms with van der Waals surface area (Å²) in [6, 6.07) is 6.09. The van der Waals surface area contributed by atoms with Gasteiger partial charge < -0.3 is 14.4 Å². The van der Waals surface area contributed by atoms with Crippen LogP contribution < -0.4 is 9.47 Å². The van der Waals surface area contributed by atoms with Gasteiger partial charge in [-0.2, -0.15) is 0 Å². The van der Waals surface area contributed by atoms with Crippen LogP contribution in [0.15, 0.2) is 29.8 Å². The number of ether oxygens (including phenoxy) is 2. The van der Waals surface area contributed by atoms with E-state index >= 15 is 0 Å². The molecule has 22 heavy (non-hydrogen) atoms. The molecule has 5 nitrogen and oxygen atoms in total. The van der Waals surface area contributed by atoms with Crippen molar-refractivity contribution in [1.82, 2.24) is 9.80 Å². The van der Waals surface area contributed by atoms with Crippen LogP contribution in [-0.2, 0) is 11.3 Å². The van der Waals surface area contributed by atoms with Crippen LogP contribution in [0.25, 0.3) is 0 Å². The summed E-state index contributed by atoms with van der Waals surface area (Å²) < 4.78 is 10.7. The number of amides is 1. The van der Waals surface area contributed by atoms with Crippen LogP contribution in [0, 0.1) is 0 Å². The van der Waals surface area contributed by atoms with Gasteiger partial charge in [-0.15, -0.1) is 0 Å². The first kappa shape index (κ1) is 14.9. The Morgan fingerprint density at radius 2 is 1.86 bits per heavy atom. The van der Waals surface area contributed by atoms with Gasteiger partial charge in [0.15, 0.2) is 11.5 Å². The molecular formula is C17H22N2O3. The Hall–Kier alpha value is -2.01. The van der Waals surface area contributed by atoms with E-state index in [1.54, 1.807) is 6.08 Å². The second kappa shape index (κ2) is 6.40. The van der Waals surface area contributed by atoms with E-state index in [1.807, 2.05) is 30.9 Å². The number of nitrogens with zero attached hydrogens (tertiary/aromatic N) is 2. The summed E-state index contributed by atoms with van der Waals surface area (Å²) in [5.74, 6) is 1.78. The minimum atomic E-state index is 0.128. The number of rotatable bonds is 3. The fourth-order valence-electron chi connectivity index (χ4n) is 2.76. The van der Waals surface area contributed by atoms with Gasteiger partial charge in [0.25, 0.3) is 0 Å². The van der Waals surface area contributed by atoms with E-state index in [4.69, 9.17) is 9.47 Å². The number of fused-ring (bicyclic) bond motifs is 1. The van der Waals surface area contributed by atoms with E-state index in [-0.39, 0.29) is 5.91 Å². The molecule has 1 aromatic rings. The number of allylic oxidation sites excluding steroid dienone is 1. The Morgan fingerprint density at radius 3 is 2.59 bits per heavy atom. The molecule has 2 aliphatic heterocycles. The lowest BCUT2D eigenvalue weighted by molar-refractivity contribution is -0.127. The van der Waals surface area contributed by atoms with Crippen LogP contribution >= 0.6 is 0 Å². The molecule has 2 aliphatic rings. The summed E-state index contributed by atoms with van der Waals surface area (Å²) in [7, 11) is 0. The number of piperazine rings is 1. The number of hydrogen-bond donors (Lipinski definition) is 0. The number of carbonyl (C=O) groups excluding carboxylic acids is 1. The van der Waals surface area contributed by atoms with Gasteiger partial charge in [-0.1, -0.05) is 11.6 Å². The van der Waals surface area contributed by atoms with Gasteiger partial charge in [-0.05, 0) is 31.5 Å². The molecule has 1 aromatic carbocycles. The summed E-state index contributed by atoms with van der Waals surface area (Å²) in [5, 5.41) is 0. The van der Waals surface area contributed by atoms with Crippen molar-refractivity contribution in [2.75, 3.05) is 33.0 Å². The number of carbonyl (C=O) groups is 1. The van der Waals surface area contributed by atoms with Gasteiger partial charge in [0.1, 0.15) is 0 Å². The normalized spacial score (nSPS) is 17.5. The first-order chi connectivity index (χ1) is 10.6. The third kappa shape index (κ3) is 3.42. The summed E-state index contributed by atoms with van der Waals surface area (Å²) in [6.45, 7) is 8.46. The second-order valence-corrected chi connectivity index (χ2v) is 6.01. The molecule has 1 saturated heterocycles. The highest BCUT2D eigenvalue weighted by molar-refractivity contribution is 5.88. The minimum absolute atomic E-state index is 0.128. The molecule has 0 aliphatic carbocycles. The van der Waals surface area contributed by atoms with Crippen molar-refractivity contribution in [1.29, 1.82) is 0 Å². The maximum atomic E-state index is 12.0. The molecule has 1 fully saturated rings. The molecular weight excluding hydrogens is 280 g/mol. The summed E-state index contributed by atoms with van der Waals surface area (Å²) in [6.07, 6.45) is 1.72. The highest BCUT2D eigenvalue weighted by atomic mass is 16.7. The SMILES string of the molecule is CC(C)=CC(=O)N1CCN(Cc2ccc3c(c2)OCO3)CC1. The van der Waals surface area contributed by atoms with Gasteiger partial charge in [-0.3, -0.25) is 9.69 Å². The van der Waals surface area contributed by atoms with E-state index in [1.165, 1.54) is 5.56 Å². The van der Waals surface area contributed by atoms with E-state index in [9.17, 15) is 4.79 Å². The van der Waals surface area contributed by atoms with Crippen molar-refractivity contribution in [3.05, 3.63) is 35.4 Å². The Morgan fingerprint density at radius 1 is 1.14 bits per heavy atom. The van der Waals surface area contributed by atoms with Gasteiger partial charge >= 0.3 is 0 Å². The largest absolute Gasteiger partial charge is 0.454 e. The average molecular weight is 302 g/mol. The Bertz CT molecular complexity index is 586. The predicted molar refractivity (Wildman–Crippen MR) is 83.9 cm³/mol. The van der Waals surface area contributed by atoms with Crippen molar-refractivity contribution >= 4 is 5.91 Å². The van der Waals surface area contributed by atoms with Crippen molar-refractivity contribution in [3.63, 3.8) is 0 Å². The Kier molecular flexibility index (Phi) is 4.34. The lowest BCUT2D eigenvalue weighted by Crippen LogP contribution is -2.47. The fraction of sp³-hybridized carbons (Fsp3) is 0.471. The smallest absolute Gasteiger partial charge is 0.246 e. The Labute approximate surface area is 131 Å². The Balaban J connectivity index is 1.54. The molecule has 0 radical (unpaired) electrons. The fourth-order valence-corrected chi connectivity index (χ4v) is 2.76. The van der Waals surface area contributed by atoms with Crippen LogP contribution in [0.1, 0.15) is 19.4 Å². The summed E-state index contributed by atoms with van der Waals surface area (Å²) >= 11 is 0. The monoisotopic (exact) mass is 302 g/mol. The summed E-state index contributed by atoms with van der Waals surface area (Å²) in [5.41, 5.74) is 2.26. The highest BCUT2D eigenvalue weighted by Gasteiger charge is 2.20. The van der Waals surface area contributed by atoms with Crippen LogP contribution in [0.2, 0.25) is 0 Å². The summed E-state index contributed by atoms with van der Waals surface area (Å²) in [4.78, 5) is 16.3. The maximum Gasteiger partial charge on any atom is 0.246 e. The molecule has 0 bridgehead atoms. The zero-order valence-corrected chi connectivity index (χ0v) is 13.2. The topological polar surface area (TPSA) is 42.0 Å². The van der Waals surface area contributed by atoms with Crippen molar-refractivity contribution in [2.24, 2.45) is 0 Å². The van der Waals surface area contributed by atoms with Crippen LogP contribution in [0.4, 0.5) is 0 Å². The van der Waals surface area contributed by atoms with Gasteiger partial charge in [0, 0.05) is 38.8 Å². The standard InChI is InChI=1S/C17H22N2O3/c1-13(2)9-17(20)19-7-5-18(6-8-19)11-14-3-4-15-16(10-14)22-12-21-15/h3-4,9-10H,5-8,11-12H2,1-2H3. The van der Waals surface area contributed by atoms with Gasteiger partial charge in [0.05, 0.1) is 0 Å². The maximum absolute atomic E-state index is 12.0. The molecule has 118 valence electrons. The molecule has 2 heterocycles. The first-order valence-corrected chi connectivity index (χ1v) is 7.66. The third-order valence-corrected chi connectivity index (χ3v) is 3.94. The first-order valence-electron chi connectivity index (χ1n) is 7.66. The molecule has 5 heteroatoms. The van der Waals surface area contributed by atoms with Crippen LogP contribution in [0.3, 0.4) is 0 Å². The average Bonchev–Trinajstić information content (AvgIpc) is 2.95. The van der Waals surface area contributed by atoms with E-state index in [2.05, 4.69) is 11.0 Å². The number of benzene rings is 1. The van der Waals surface area contributed by atoms with Crippen molar-refractivity contribution in [2.45, 2.75) is 20.4 Å². The van der Waals surface area contributed by atoms with Crippen LogP contribution in [-0.4, -0.2) is 48.7 Å². The molecule has 0 unspecified atom stereocenters. The molecule has 1 amide bonds. The molecule has 0 N–H and O–H groups in total. The quantitative estimate of drug-likeness (QED) is 0.801. The van der Waals surface area contributed by atoms with E-state index in [0.717, 1.165) is 49.8 Å². The molecule has 0 spiro atoms. The predicted octanol–water partition coefficient (Wildman–Crippen LogP) is 2.03. The molecule has 0 aromatic heterocycles. The lowest BCUT2D eigenvalue weighted by Gasteiger charge is -2.34. The zero-order valence-electron chi connectivity index (χ0n) is 13.2. The van der Waals surface area contributed by atoms with Crippen LogP contribution in [0.5, 0.6) is 11.5 Å². The number of hydrogen-bond acceptors (Lipinski definition) is 4. The molecule has 3 rings (SSSR count). The van der Waals surface area contributed by atoms with E-state index in [0.29, 0.717) is 6.79 Å². The van der Waals surface area contributed by atoms with Gasteiger partial charge in [-0.25, -0.2) is 0 Å². The molecule has 0 atom stereocenters. The lowest BCUT2D eigenvalue weighted by atomic mass is 10.1. The van der Waals surface area contributed by atoms with Crippen molar-refractivity contribution in [3.8, 4) is 11.5 Å². The second-order valence-electron chi connectivity index (χ2n) is 6.01. The minimum Gasteiger partial charge on any atom is -0.454 e. The highest BCUT2D eigenvalue weighted by Crippen LogP contribution is 2.32. The zero-order chi connectivity index (χ0) is 15.5. The van der Waals surface area contributed by atoms with Crippen molar-refractivity contribution < 1.29 is 14.3 Å². The van der Waals surface area contributed by atoms with E-state index < -0.39 is 0 Å².